The normalized spacial score (nSPS) is 13.7. The molecule has 1 aromatic carbocycles. The second-order valence-corrected chi connectivity index (χ2v) is 10.7. The second-order valence-electron chi connectivity index (χ2n) is 9.87. The van der Waals surface area contributed by atoms with Crippen LogP contribution in [0.5, 0.6) is 0 Å². The highest BCUT2D eigenvalue weighted by Gasteiger charge is 2.60. The zero-order valence-electron chi connectivity index (χ0n) is 22.1. The van der Waals surface area contributed by atoms with Crippen LogP contribution in [-0.4, -0.2) is 54.3 Å². The van der Waals surface area contributed by atoms with E-state index in [-0.39, 0.29) is 38.5 Å². The molecule has 1 aliphatic carbocycles. The van der Waals surface area contributed by atoms with Gasteiger partial charge in [0.15, 0.2) is 11.5 Å². The number of alkyl halides is 5. The number of halogens is 7. The molecule has 0 spiro atoms. The van der Waals surface area contributed by atoms with E-state index >= 15 is 0 Å². The molecule has 3 heterocycles. The van der Waals surface area contributed by atoms with Gasteiger partial charge in [0.05, 0.1) is 34.7 Å². The maximum atomic E-state index is 13.7. The van der Waals surface area contributed by atoms with E-state index in [9.17, 15) is 31.5 Å². The van der Waals surface area contributed by atoms with Crippen LogP contribution in [0.4, 0.5) is 27.6 Å². The molecule has 1 aliphatic rings. The molecular formula is C26H21Cl2F5N8O2. The number of nitrogens with zero attached hydrogens (tertiary/aromatic N) is 6. The molecule has 0 radical (unpaired) electrons. The van der Waals surface area contributed by atoms with Crippen LogP contribution in [0.25, 0.3) is 5.82 Å². The number of aryl methyl sites for hydroxylation is 1. The molecule has 10 nitrogen and oxygen atoms in total. The lowest BCUT2D eigenvalue weighted by atomic mass is 10.1. The Labute approximate surface area is 250 Å². The third-order valence-corrected chi connectivity index (χ3v) is 7.02. The summed E-state index contributed by atoms with van der Waals surface area (Å²) in [6.07, 6.45) is -2.02. The SMILES string of the molecule is Cc1cc(Cl)cc(C(=O)NCC2CC2)c1NC(=O)c1cc(Cn2cc(C(F)(F)C(F)(F)F)nn2)nn1-c1ncccc1Cl. The zero-order chi connectivity index (χ0) is 31.1. The van der Waals surface area contributed by atoms with Crippen LogP contribution >= 0.6 is 23.2 Å². The molecule has 4 aromatic rings. The van der Waals surface area contributed by atoms with Crippen LogP contribution in [0.15, 0.2) is 42.7 Å². The summed E-state index contributed by atoms with van der Waals surface area (Å²) >= 11 is 12.5. The summed E-state index contributed by atoms with van der Waals surface area (Å²) in [4.78, 5) is 30.8. The van der Waals surface area contributed by atoms with Crippen LogP contribution in [0.2, 0.25) is 10.0 Å². The Morgan fingerprint density at radius 2 is 1.84 bits per heavy atom. The third kappa shape index (κ3) is 6.46. The number of hydrogen-bond donors (Lipinski definition) is 2. The number of pyridine rings is 1. The average Bonchev–Trinajstić information content (AvgIpc) is 3.48. The first-order valence-corrected chi connectivity index (χ1v) is 13.4. The fourth-order valence-electron chi connectivity index (χ4n) is 4.11. The molecule has 17 heteroatoms. The fourth-order valence-corrected chi connectivity index (χ4v) is 4.59. The molecule has 1 saturated carbocycles. The Balaban J connectivity index is 1.48. The van der Waals surface area contributed by atoms with Crippen molar-refractivity contribution in [1.82, 2.24) is 35.1 Å². The van der Waals surface area contributed by atoms with Gasteiger partial charge < -0.3 is 10.6 Å². The Kier molecular flexibility index (Phi) is 8.13. The lowest BCUT2D eigenvalue weighted by Crippen LogP contribution is -2.34. The number of anilines is 1. The van der Waals surface area contributed by atoms with E-state index in [1.807, 2.05) is 0 Å². The van der Waals surface area contributed by atoms with Crippen molar-refractivity contribution >= 4 is 40.7 Å². The lowest BCUT2D eigenvalue weighted by molar-refractivity contribution is -0.291. The van der Waals surface area contributed by atoms with Crippen molar-refractivity contribution in [3.8, 4) is 5.82 Å². The molecule has 0 atom stereocenters. The van der Waals surface area contributed by atoms with Crippen LogP contribution in [0.3, 0.4) is 0 Å². The fraction of sp³-hybridized carbons (Fsp3) is 0.308. The average molecular weight is 643 g/mol. The Bertz CT molecular complexity index is 1700. The van der Waals surface area contributed by atoms with Gasteiger partial charge in [-0.05, 0) is 61.6 Å². The number of rotatable bonds is 9. The van der Waals surface area contributed by atoms with Gasteiger partial charge in [0, 0.05) is 17.8 Å². The molecule has 0 aliphatic heterocycles. The Hall–Kier alpha value is -4.11. The van der Waals surface area contributed by atoms with Crippen molar-refractivity contribution < 1.29 is 31.5 Å². The highest BCUT2D eigenvalue weighted by molar-refractivity contribution is 6.32. The summed E-state index contributed by atoms with van der Waals surface area (Å²) in [6.45, 7) is 1.69. The molecular weight excluding hydrogens is 622 g/mol. The van der Waals surface area contributed by atoms with Crippen molar-refractivity contribution in [2.75, 3.05) is 11.9 Å². The second kappa shape index (κ2) is 11.5. The molecule has 43 heavy (non-hydrogen) atoms. The Morgan fingerprint density at radius 1 is 1.09 bits per heavy atom. The number of carbonyl (C=O) groups excluding carboxylic acids is 2. The predicted octanol–water partition coefficient (Wildman–Crippen LogP) is 5.57. The van der Waals surface area contributed by atoms with Crippen LogP contribution in [0.1, 0.15) is 50.6 Å². The smallest absolute Gasteiger partial charge is 0.352 e. The largest absolute Gasteiger partial charge is 0.459 e. The molecule has 1 fully saturated rings. The minimum absolute atomic E-state index is 0.0221. The van der Waals surface area contributed by atoms with Gasteiger partial charge in [-0.1, -0.05) is 28.4 Å². The molecule has 2 N–H and O–H groups in total. The van der Waals surface area contributed by atoms with Gasteiger partial charge in [-0.3, -0.25) is 9.59 Å². The number of carbonyl (C=O) groups is 2. The van der Waals surface area contributed by atoms with Gasteiger partial charge in [-0.25, -0.2) is 14.3 Å². The zero-order valence-corrected chi connectivity index (χ0v) is 23.6. The summed E-state index contributed by atoms with van der Waals surface area (Å²) in [5.41, 5.74) is -0.929. The standard InChI is InChI=1S/C26H21Cl2F5N8O2/c1-13-7-15(27)8-17(23(42)35-10-14-4-5-14)21(13)36-24(43)19-9-16(38-41(19)22-18(28)3-2-6-34-22)11-40-12-20(37-39-40)25(29,30)26(31,32)33/h2-3,6-9,12,14H,4-5,10-11H2,1H3,(H,35,42)(H,36,43). The summed E-state index contributed by atoms with van der Waals surface area (Å²) in [6, 6.07) is 7.26. The van der Waals surface area contributed by atoms with Crippen molar-refractivity contribution in [3.63, 3.8) is 0 Å². The first-order valence-electron chi connectivity index (χ1n) is 12.7. The highest BCUT2D eigenvalue weighted by Crippen LogP contribution is 2.42. The molecule has 226 valence electrons. The first-order chi connectivity index (χ1) is 20.2. The van der Waals surface area contributed by atoms with E-state index in [4.69, 9.17) is 23.2 Å². The highest BCUT2D eigenvalue weighted by atomic mass is 35.5. The molecule has 3 aromatic heterocycles. The van der Waals surface area contributed by atoms with Gasteiger partial charge in [0.2, 0.25) is 0 Å². The third-order valence-electron chi connectivity index (χ3n) is 6.50. The number of amides is 2. The number of aromatic nitrogens is 6. The maximum Gasteiger partial charge on any atom is 0.459 e. The summed E-state index contributed by atoms with van der Waals surface area (Å²) < 4.78 is 67.6. The van der Waals surface area contributed by atoms with E-state index in [1.165, 1.54) is 30.5 Å². The van der Waals surface area contributed by atoms with Gasteiger partial charge in [-0.2, -0.15) is 27.1 Å². The van der Waals surface area contributed by atoms with Crippen LogP contribution in [0, 0.1) is 12.8 Å². The number of benzene rings is 1. The monoisotopic (exact) mass is 642 g/mol. The molecule has 2 amide bonds. The van der Waals surface area contributed by atoms with Crippen LogP contribution in [-0.2, 0) is 12.5 Å². The first kappa shape index (κ1) is 30.4. The van der Waals surface area contributed by atoms with E-state index in [2.05, 4.69) is 31.0 Å². The van der Waals surface area contributed by atoms with Gasteiger partial charge in [-0.15, -0.1) is 5.10 Å². The summed E-state index contributed by atoms with van der Waals surface area (Å²) in [5, 5.41) is 16.5. The minimum Gasteiger partial charge on any atom is -0.352 e. The lowest BCUT2D eigenvalue weighted by Gasteiger charge is -2.16. The summed E-state index contributed by atoms with van der Waals surface area (Å²) in [5.74, 6) is -5.99. The quantitative estimate of drug-likeness (QED) is 0.230. The Morgan fingerprint density at radius 3 is 2.51 bits per heavy atom. The minimum atomic E-state index is -5.87. The predicted molar refractivity (Wildman–Crippen MR) is 145 cm³/mol. The number of hydrogen-bond acceptors (Lipinski definition) is 6. The van der Waals surface area contributed by atoms with E-state index in [0.717, 1.165) is 22.2 Å². The maximum absolute atomic E-state index is 13.7. The molecule has 0 bridgehead atoms. The molecule has 5 rings (SSSR count). The molecule has 0 saturated heterocycles. The van der Waals surface area contributed by atoms with E-state index in [1.54, 1.807) is 13.0 Å². The van der Waals surface area contributed by atoms with Gasteiger partial charge >= 0.3 is 12.1 Å². The van der Waals surface area contributed by atoms with Crippen molar-refractivity contribution in [1.29, 1.82) is 0 Å². The summed E-state index contributed by atoms with van der Waals surface area (Å²) in [7, 11) is 0. The van der Waals surface area contributed by atoms with Crippen LogP contribution < -0.4 is 10.6 Å². The van der Waals surface area contributed by atoms with Crippen molar-refractivity contribution in [2.24, 2.45) is 5.92 Å². The van der Waals surface area contributed by atoms with E-state index < -0.39 is 36.2 Å². The van der Waals surface area contributed by atoms with Gasteiger partial charge in [0.1, 0.15) is 5.69 Å². The molecule has 0 unspecified atom stereocenters. The van der Waals surface area contributed by atoms with E-state index in [0.29, 0.717) is 24.2 Å². The topological polar surface area (TPSA) is 120 Å². The number of nitrogens with one attached hydrogen (secondary N) is 2. The van der Waals surface area contributed by atoms with Crippen molar-refractivity contribution in [3.05, 3.63) is 81.0 Å². The van der Waals surface area contributed by atoms with Crippen molar-refractivity contribution in [2.45, 2.75) is 38.4 Å². The van der Waals surface area contributed by atoms with Gasteiger partial charge in [0.25, 0.3) is 11.8 Å².